The van der Waals surface area contributed by atoms with E-state index in [2.05, 4.69) is 21.2 Å². The number of para-hydroxylation sites is 1. The summed E-state index contributed by atoms with van der Waals surface area (Å²) in [5.74, 6) is 0. The lowest BCUT2D eigenvalue weighted by Gasteiger charge is -2.40. The van der Waals surface area contributed by atoms with Crippen molar-refractivity contribution in [2.24, 2.45) is 0 Å². The highest BCUT2D eigenvalue weighted by Crippen LogP contribution is 2.32. The average Bonchev–Trinajstić information content (AvgIpc) is 3.02. The zero-order chi connectivity index (χ0) is 14.7. The maximum atomic E-state index is 6.48. The largest absolute Gasteiger partial charge is 0.367 e. The summed E-state index contributed by atoms with van der Waals surface area (Å²) < 4.78 is 0. The van der Waals surface area contributed by atoms with E-state index >= 15 is 0 Å². The molecule has 3 rings (SSSR count). The number of rotatable bonds is 4. The minimum atomic E-state index is 0.843. The third kappa shape index (κ3) is 3.36. The van der Waals surface area contributed by atoms with E-state index in [0.717, 1.165) is 30.7 Å². The molecule has 3 nitrogen and oxygen atoms in total. The van der Waals surface area contributed by atoms with E-state index in [9.17, 15) is 0 Å². The van der Waals surface area contributed by atoms with Crippen LogP contribution in [0.4, 0.5) is 5.69 Å². The molecule has 0 aromatic heterocycles. The van der Waals surface area contributed by atoms with Crippen LogP contribution in [0.2, 0.25) is 5.02 Å². The Kier molecular flexibility index (Phi) is 5.04. The second kappa shape index (κ2) is 6.99. The molecule has 1 heterocycles. The molecule has 2 fully saturated rings. The lowest BCUT2D eigenvalue weighted by Crippen LogP contribution is -2.50. The van der Waals surface area contributed by atoms with Gasteiger partial charge in [-0.2, -0.15) is 0 Å². The van der Waals surface area contributed by atoms with Gasteiger partial charge in [-0.1, -0.05) is 36.6 Å². The molecule has 4 heteroatoms. The van der Waals surface area contributed by atoms with Gasteiger partial charge in [0.05, 0.1) is 10.7 Å². The van der Waals surface area contributed by atoms with Gasteiger partial charge < -0.3 is 10.2 Å². The summed E-state index contributed by atoms with van der Waals surface area (Å²) >= 11 is 6.48. The van der Waals surface area contributed by atoms with Gasteiger partial charge >= 0.3 is 0 Å². The topological polar surface area (TPSA) is 18.5 Å². The average molecular weight is 308 g/mol. The summed E-state index contributed by atoms with van der Waals surface area (Å²) in [6, 6.07) is 7.09. The predicted octanol–water partition coefficient (Wildman–Crippen LogP) is 3.12. The molecule has 1 N–H and O–H groups in total. The first-order valence-corrected chi connectivity index (χ1v) is 8.58. The van der Waals surface area contributed by atoms with Crippen molar-refractivity contribution in [3.63, 3.8) is 0 Å². The van der Waals surface area contributed by atoms with Crippen LogP contribution in [-0.2, 0) is 6.54 Å². The zero-order valence-corrected chi connectivity index (χ0v) is 13.7. The fourth-order valence-electron chi connectivity index (χ4n) is 3.83. The smallest absolute Gasteiger partial charge is 0.0642 e. The standard InChI is InChI=1S/C17H26ClN3/c1-19-13-14-5-4-8-16(18)17(14)21-11-9-20(10-12-21)15-6-2-3-7-15/h4-5,8,15,19H,2-3,6-7,9-13H2,1H3. The first-order valence-electron chi connectivity index (χ1n) is 8.20. The number of hydrogen-bond donors (Lipinski definition) is 1. The van der Waals surface area contributed by atoms with E-state index in [-0.39, 0.29) is 0 Å². The summed E-state index contributed by atoms with van der Waals surface area (Å²) in [5, 5.41) is 4.13. The molecule has 0 atom stereocenters. The molecule has 1 saturated carbocycles. The zero-order valence-electron chi connectivity index (χ0n) is 12.9. The Morgan fingerprint density at radius 1 is 1.14 bits per heavy atom. The van der Waals surface area contributed by atoms with E-state index in [4.69, 9.17) is 11.6 Å². The Morgan fingerprint density at radius 3 is 2.52 bits per heavy atom. The van der Waals surface area contributed by atoms with Crippen molar-refractivity contribution >= 4 is 17.3 Å². The fraction of sp³-hybridized carbons (Fsp3) is 0.647. The molecular formula is C17H26ClN3. The fourth-order valence-corrected chi connectivity index (χ4v) is 4.14. The van der Waals surface area contributed by atoms with Crippen molar-refractivity contribution in [3.05, 3.63) is 28.8 Å². The highest BCUT2D eigenvalue weighted by Gasteiger charge is 2.27. The second-order valence-electron chi connectivity index (χ2n) is 6.24. The van der Waals surface area contributed by atoms with Crippen molar-refractivity contribution in [1.82, 2.24) is 10.2 Å². The molecule has 21 heavy (non-hydrogen) atoms. The third-order valence-corrected chi connectivity index (χ3v) is 5.21. The molecule has 1 aliphatic carbocycles. The highest BCUT2D eigenvalue weighted by molar-refractivity contribution is 6.33. The molecule has 1 aromatic rings. The monoisotopic (exact) mass is 307 g/mol. The molecular weight excluding hydrogens is 282 g/mol. The lowest BCUT2D eigenvalue weighted by atomic mass is 10.1. The van der Waals surface area contributed by atoms with Crippen molar-refractivity contribution < 1.29 is 0 Å². The van der Waals surface area contributed by atoms with Gasteiger partial charge in [-0.25, -0.2) is 0 Å². The molecule has 0 bridgehead atoms. The third-order valence-electron chi connectivity index (χ3n) is 4.91. The Balaban J connectivity index is 1.68. The van der Waals surface area contributed by atoms with Crippen molar-refractivity contribution in [1.29, 1.82) is 0 Å². The van der Waals surface area contributed by atoms with Gasteiger partial charge in [0.1, 0.15) is 0 Å². The maximum Gasteiger partial charge on any atom is 0.0642 e. The SMILES string of the molecule is CNCc1cccc(Cl)c1N1CCN(C2CCCC2)CC1. The summed E-state index contributed by atoms with van der Waals surface area (Å²) in [6.45, 7) is 5.41. The number of nitrogens with zero attached hydrogens (tertiary/aromatic N) is 2. The molecule has 0 amide bonds. The summed E-state index contributed by atoms with van der Waals surface area (Å²) in [4.78, 5) is 5.17. The second-order valence-corrected chi connectivity index (χ2v) is 6.65. The molecule has 116 valence electrons. The van der Waals surface area contributed by atoms with Gasteiger partial charge in [-0.05, 0) is 31.5 Å². The Hall–Kier alpha value is -0.770. The van der Waals surface area contributed by atoms with Gasteiger partial charge in [0.15, 0.2) is 0 Å². The molecule has 0 radical (unpaired) electrons. The van der Waals surface area contributed by atoms with E-state index in [1.807, 2.05) is 19.2 Å². The number of piperazine rings is 1. The van der Waals surface area contributed by atoms with Crippen LogP contribution < -0.4 is 10.2 Å². The Labute approximate surface area is 133 Å². The quantitative estimate of drug-likeness (QED) is 0.922. The molecule has 0 spiro atoms. The maximum absolute atomic E-state index is 6.48. The van der Waals surface area contributed by atoms with Gasteiger partial charge in [0.2, 0.25) is 0 Å². The van der Waals surface area contributed by atoms with Crippen LogP contribution in [-0.4, -0.2) is 44.2 Å². The molecule has 0 unspecified atom stereocenters. The van der Waals surface area contributed by atoms with E-state index in [1.165, 1.54) is 50.0 Å². The van der Waals surface area contributed by atoms with E-state index in [1.54, 1.807) is 0 Å². The van der Waals surface area contributed by atoms with Crippen LogP contribution in [0.3, 0.4) is 0 Å². The first-order chi connectivity index (χ1) is 10.3. The number of nitrogens with one attached hydrogen (secondary N) is 1. The molecule has 1 saturated heterocycles. The van der Waals surface area contributed by atoms with Crippen molar-refractivity contribution in [3.8, 4) is 0 Å². The minimum absolute atomic E-state index is 0.843. The van der Waals surface area contributed by atoms with Crippen LogP contribution in [0.25, 0.3) is 0 Å². The van der Waals surface area contributed by atoms with Crippen molar-refractivity contribution in [2.45, 2.75) is 38.3 Å². The number of halogens is 1. The number of hydrogen-bond acceptors (Lipinski definition) is 3. The molecule has 1 aromatic carbocycles. The highest BCUT2D eigenvalue weighted by atomic mass is 35.5. The number of benzene rings is 1. The van der Waals surface area contributed by atoms with Gasteiger partial charge in [-0.3, -0.25) is 4.90 Å². The van der Waals surface area contributed by atoms with Crippen molar-refractivity contribution in [2.75, 3.05) is 38.1 Å². The first kappa shape index (κ1) is 15.1. The van der Waals surface area contributed by atoms with Gasteiger partial charge in [0, 0.05) is 38.8 Å². The van der Waals surface area contributed by atoms with Gasteiger partial charge in [0.25, 0.3) is 0 Å². The van der Waals surface area contributed by atoms with Crippen LogP contribution >= 0.6 is 11.6 Å². The van der Waals surface area contributed by atoms with Crippen LogP contribution in [0.1, 0.15) is 31.2 Å². The van der Waals surface area contributed by atoms with Crippen LogP contribution in [0, 0.1) is 0 Å². The number of anilines is 1. The van der Waals surface area contributed by atoms with Gasteiger partial charge in [-0.15, -0.1) is 0 Å². The Morgan fingerprint density at radius 2 is 1.86 bits per heavy atom. The summed E-state index contributed by atoms with van der Waals surface area (Å²) in [6.07, 6.45) is 5.64. The lowest BCUT2D eigenvalue weighted by molar-refractivity contribution is 0.187. The summed E-state index contributed by atoms with van der Waals surface area (Å²) in [7, 11) is 1.99. The minimum Gasteiger partial charge on any atom is -0.367 e. The predicted molar refractivity (Wildman–Crippen MR) is 90.3 cm³/mol. The normalized spacial score (nSPS) is 21.1. The van der Waals surface area contributed by atoms with E-state index < -0.39 is 0 Å². The Bertz CT molecular complexity index is 463. The molecule has 2 aliphatic rings. The van der Waals surface area contributed by atoms with Crippen LogP contribution in [0.5, 0.6) is 0 Å². The van der Waals surface area contributed by atoms with E-state index in [0.29, 0.717) is 0 Å². The summed E-state index contributed by atoms with van der Waals surface area (Å²) in [5.41, 5.74) is 2.54. The van der Waals surface area contributed by atoms with Crippen LogP contribution in [0.15, 0.2) is 18.2 Å². The molecule has 1 aliphatic heterocycles.